The number of rotatable bonds is 3. The van der Waals surface area contributed by atoms with E-state index in [1.165, 1.54) is 4.57 Å². The molecule has 4 heterocycles. The first-order valence-corrected chi connectivity index (χ1v) is 12.2. The number of anilines is 2. The summed E-state index contributed by atoms with van der Waals surface area (Å²) in [4.78, 5) is 52.6. The molecule has 2 aromatic carbocycles. The van der Waals surface area contributed by atoms with Gasteiger partial charge in [-0.2, -0.15) is 5.10 Å². The Morgan fingerprint density at radius 3 is 2.30 bits per heavy atom. The van der Waals surface area contributed by atoms with E-state index in [4.69, 9.17) is 5.73 Å². The average Bonchev–Trinajstić information content (AvgIpc) is 3.05. The molecule has 0 spiro atoms. The van der Waals surface area contributed by atoms with Gasteiger partial charge in [-0.3, -0.25) is 29.1 Å². The summed E-state index contributed by atoms with van der Waals surface area (Å²) >= 11 is 0. The fourth-order valence-corrected chi connectivity index (χ4v) is 5.29. The summed E-state index contributed by atoms with van der Waals surface area (Å²) in [6.45, 7) is 1.62. The van der Waals surface area contributed by atoms with Crippen LogP contribution in [0.3, 0.4) is 0 Å². The molecule has 0 unspecified atom stereocenters. The number of carbonyl (C=O) groups is 2. The predicted molar refractivity (Wildman–Crippen MR) is 140 cm³/mol. The van der Waals surface area contributed by atoms with Gasteiger partial charge in [0.1, 0.15) is 5.82 Å². The van der Waals surface area contributed by atoms with Crippen LogP contribution in [0, 0.1) is 0 Å². The van der Waals surface area contributed by atoms with Crippen molar-refractivity contribution in [2.24, 2.45) is 0 Å². The summed E-state index contributed by atoms with van der Waals surface area (Å²) in [6, 6.07) is 13.9. The molecule has 4 N–H and O–H groups in total. The first kappa shape index (κ1) is 22.7. The lowest BCUT2D eigenvalue weighted by molar-refractivity contribution is 0.0880. The number of H-pyrrole nitrogens is 1. The minimum atomic E-state index is -0.638. The molecule has 6 rings (SSSR count). The lowest BCUT2D eigenvalue weighted by atomic mass is 10.0. The van der Waals surface area contributed by atoms with Crippen LogP contribution in [-0.4, -0.2) is 39.7 Å². The summed E-state index contributed by atoms with van der Waals surface area (Å²) in [5.74, 6) is -1.37. The van der Waals surface area contributed by atoms with E-state index in [1.54, 1.807) is 18.2 Å². The molecule has 1 saturated heterocycles. The number of nitrogens with zero attached hydrogens (tertiary/aromatic N) is 3. The lowest BCUT2D eigenvalue weighted by Gasteiger charge is -2.27. The van der Waals surface area contributed by atoms with E-state index in [1.807, 2.05) is 24.3 Å². The topological polar surface area (TPSA) is 143 Å². The molecule has 10 heteroatoms. The molecule has 0 saturated carbocycles. The zero-order chi connectivity index (χ0) is 25.7. The van der Waals surface area contributed by atoms with Gasteiger partial charge in [0.05, 0.1) is 33.6 Å². The van der Waals surface area contributed by atoms with E-state index in [-0.39, 0.29) is 22.5 Å². The van der Waals surface area contributed by atoms with Gasteiger partial charge in [0.2, 0.25) is 0 Å². The maximum atomic E-state index is 13.4. The molecular weight excluding hydrogens is 472 g/mol. The molecule has 37 heavy (non-hydrogen) atoms. The van der Waals surface area contributed by atoms with Crippen LogP contribution >= 0.6 is 0 Å². The van der Waals surface area contributed by atoms with Crippen LogP contribution in [0.4, 0.5) is 11.5 Å². The number of nitrogens with two attached hydrogens (primary N) is 1. The van der Waals surface area contributed by atoms with Gasteiger partial charge in [0.15, 0.2) is 0 Å². The quantitative estimate of drug-likeness (QED) is 0.370. The van der Waals surface area contributed by atoms with Crippen molar-refractivity contribution < 1.29 is 9.59 Å². The molecule has 0 bridgehead atoms. The molecule has 1 fully saturated rings. The average molecular weight is 497 g/mol. The summed E-state index contributed by atoms with van der Waals surface area (Å²) in [5.41, 5.74) is 8.04. The maximum absolute atomic E-state index is 13.4. The van der Waals surface area contributed by atoms with Crippen LogP contribution in [0.5, 0.6) is 0 Å². The Hall–Kier alpha value is -4.73. The normalized spacial score (nSPS) is 15.5. The monoisotopic (exact) mass is 496 g/mol. The number of fused-ring (bicyclic) bond motifs is 2. The third kappa shape index (κ3) is 3.68. The van der Waals surface area contributed by atoms with Crippen molar-refractivity contribution in [1.82, 2.24) is 20.1 Å². The number of imide groups is 1. The van der Waals surface area contributed by atoms with E-state index in [0.29, 0.717) is 27.7 Å². The molecule has 2 aromatic heterocycles. The van der Waals surface area contributed by atoms with E-state index < -0.39 is 17.4 Å². The highest BCUT2D eigenvalue weighted by Gasteiger charge is 2.32. The molecular formula is C27H24N6O4. The molecule has 2 aliphatic rings. The maximum Gasteiger partial charge on any atom is 0.272 e. The second kappa shape index (κ2) is 8.74. The number of nitrogen functional groups attached to an aromatic ring is 1. The second-order valence-corrected chi connectivity index (χ2v) is 9.33. The lowest BCUT2D eigenvalue weighted by Crippen LogP contribution is -2.29. The van der Waals surface area contributed by atoms with Crippen molar-refractivity contribution in [1.29, 1.82) is 0 Å². The van der Waals surface area contributed by atoms with Gasteiger partial charge < -0.3 is 10.6 Å². The minimum Gasteiger partial charge on any atom is -0.384 e. The van der Waals surface area contributed by atoms with E-state index in [9.17, 15) is 19.2 Å². The highest BCUT2D eigenvalue weighted by molar-refractivity contribution is 6.23. The van der Waals surface area contributed by atoms with E-state index in [0.717, 1.165) is 50.5 Å². The van der Waals surface area contributed by atoms with Crippen LogP contribution in [0.25, 0.3) is 27.7 Å². The van der Waals surface area contributed by atoms with Crippen molar-refractivity contribution in [3.8, 4) is 16.9 Å². The standard InChI is InChI=1S/C27H24N6O4/c28-24-22-18(25(35)29-27(22)37)14-21(34)33(24)20-13-15(9-10-19(20)32-11-5-1-2-6-12-32)23-16-7-3-4-8-17(16)26(36)31-30-23/h3-4,7-10,13-14H,1-2,5-6,11-12,28H2,(H,31,36)(H,29,35,37). The molecule has 0 radical (unpaired) electrons. The summed E-state index contributed by atoms with van der Waals surface area (Å²) < 4.78 is 1.29. The van der Waals surface area contributed by atoms with Crippen LogP contribution in [-0.2, 0) is 0 Å². The Labute approximate surface area is 210 Å². The van der Waals surface area contributed by atoms with Gasteiger partial charge in [0.25, 0.3) is 22.9 Å². The fraction of sp³-hybridized carbons (Fsp3) is 0.222. The number of nitrogens with one attached hydrogen (secondary N) is 2. The number of hydrogen-bond acceptors (Lipinski definition) is 7. The number of hydrogen-bond donors (Lipinski definition) is 3. The van der Waals surface area contributed by atoms with Crippen molar-refractivity contribution in [3.63, 3.8) is 0 Å². The summed E-state index contributed by atoms with van der Waals surface area (Å²) in [5, 5.41) is 10.2. The van der Waals surface area contributed by atoms with Crippen LogP contribution in [0.15, 0.2) is 58.1 Å². The molecule has 10 nitrogen and oxygen atoms in total. The Kier molecular flexibility index (Phi) is 5.36. The zero-order valence-electron chi connectivity index (χ0n) is 19.9. The van der Waals surface area contributed by atoms with Crippen molar-refractivity contribution in [2.45, 2.75) is 25.7 Å². The Balaban J connectivity index is 1.62. The van der Waals surface area contributed by atoms with Crippen LogP contribution in [0.1, 0.15) is 46.4 Å². The Bertz CT molecular complexity index is 1710. The number of benzene rings is 2. The third-order valence-corrected chi connectivity index (χ3v) is 7.09. The van der Waals surface area contributed by atoms with E-state index in [2.05, 4.69) is 20.4 Å². The SMILES string of the molecule is Nc1c2c(cc(=O)n1-c1cc(-c3n[nH]c(=O)c4ccccc34)ccc1N1CCCCCC1)C(=O)NC2=O. The number of aromatic amines is 1. The molecule has 186 valence electrons. The van der Waals surface area contributed by atoms with Gasteiger partial charge in [-0.1, -0.05) is 37.1 Å². The van der Waals surface area contributed by atoms with E-state index >= 15 is 0 Å². The second-order valence-electron chi connectivity index (χ2n) is 9.33. The fourth-order valence-electron chi connectivity index (χ4n) is 5.29. The van der Waals surface area contributed by atoms with Crippen molar-refractivity contribution >= 4 is 34.1 Å². The van der Waals surface area contributed by atoms with Gasteiger partial charge >= 0.3 is 0 Å². The van der Waals surface area contributed by atoms with Crippen LogP contribution in [0.2, 0.25) is 0 Å². The minimum absolute atomic E-state index is 0.00978. The largest absolute Gasteiger partial charge is 0.384 e. The Morgan fingerprint density at radius 1 is 0.811 bits per heavy atom. The van der Waals surface area contributed by atoms with Gasteiger partial charge in [-0.25, -0.2) is 5.10 Å². The zero-order valence-corrected chi connectivity index (χ0v) is 19.9. The van der Waals surface area contributed by atoms with Crippen molar-refractivity contribution in [2.75, 3.05) is 23.7 Å². The first-order valence-electron chi connectivity index (χ1n) is 12.2. The highest BCUT2D eigenvalue weighted by atomic mass is 16.2. The van der Waals surface area contributed by atoms with Crippen molar-refractivity contribution in [3.05, 3.63) is 80.4 Å². The number of carbonyl (C=O) groups excluding carboxylic acids is 2. The smallest absolute Gasteiger partial charge is 0.272 e. The third-order valence-electron chi connectivity index (χ3n) is 7.09. The number of pyridine rings is 1. The molecule has 2 aliphatic heterocycles. The number of aromatic nitrogens is 3. The highest BCUT2D eigenvalue weighted by Crippen LogP contribution is 2.34. The first-order chi connectivity index (χ1) is 17.9. The molecule has 4 aromatic rings. The summed E-state index contributed by atoms with van der Waals surface area (Å²) in [6.07, 6.45) is 4.28. The predicted octanol–water partition coefficient (Wildman–Crippen LogP) is 2.59. The van der Waals surface area contributed by atoms with Gasteiger partial charge in [-0.15, -0.1) is 0 Å². The Morgan fingerprint density at radius 2 is 1.54 bits per heavy atom. The summed E-state index contributed by atoms with van der Waals surface area (Å²) in [7, 11) is 0. The van der Waals surface area contributed by atoms with Gasteiger partial charge in [0, 0.05) is 30.1 Å². The molecule has 0 atom stereocenters. The number of amides is 2. The van der Waals surface area contributed by atoms with Crippen LogP contribution < -0.4 is 27.1 Å². The molecule has 0 aliphatic carbocycles. The van der Waals surface area contributed by atoms with Gasteiger partial charge in [-0.05, 0) is 31.0 Å². The molecule has 2 amide bonds.